The van der Waals surface area contributed by atoms with E-state index in [4.69, 9.17) is 10.5 Å². The van der Waals surface area contributed by atoms with Crippen LogP contribution >= 0.6 is 0 Å². The van der Waals surface area contributed by atoms with Crippen LogP contribution in [0.5, 0.6) is 0 Å². The lowest BCUT2D eigenvalue weighted by molar-refractivity contribution is -0.138. The van der Waals surface area contributed by atoms with Gasteiger partial charge >= 0.3 is 6.09 Å². The summed E-state index contributed by atoms with van der Waals surface area (Å²) in [6, 6.07) is 0.0185. The molecule has 1 rings (SSSR count). The van der Waals surface area contributed by atoms with Gasteiger partial charge in [-0.2, -0.15) is 0 Å². The van der Waals surface area contributed by atoms with E-state index in [-0.39, 0.29) is 11.9 Å². The number of nitrogens with two attached hydrogens (primary N) is 1. The highest BCUT2D eigenvalue weighted by Gasteiger charge is 2.36. The fourth-order valence-corrected chi connectivity index (χ4v) is 2.20. The van der Waals surface area contributed by atoms with Gasteiger partial charge in [-0.15, -0.1) is 0 Å². The maximum absolute atomic E-state index is 12.5. The first kappa shape index (κ1) is 16.8. The quantitative estimate of drug-likeness (QED) is 0.799. The van der Waals surface area contributed by atoms with Crippen molar-refractivity contribution in [1.29, 1.82) is 0 Å². The van der Waals surface area contributed by atoms with Gasteiger partial charge in [0.15, 0.2) is 0 Å². The largest absolute Gasteiger partial charge is 0.444 e. The Hall–Kier alpha value is -1.30. The Morgan fingerprint density at radius 3 is 2.35 bits per heavy atom. The number of amides is 2. The molecule has 1 aliphatic heterocycles. The summed E-state index contributed by atoms with van der Waals surface area (Å²) in [6.45, 7) is 9.93. The molecule has 0 aromatic carbocycles. The van der Waals surface area contributed by atoms with Gasteiger partial charge < -0.3 is 20.7 Å². The number of nitrogens with zero attached hydrogens (tertiary/aromatic N) is 1. The monoisotopic (exact) mass is 285 g/mol. The van der Waals surface area contributed by atoms with Gasteiger partial charge in [-0.3, -0.25) is 4.79 Å². The molecular formula is C14H27N3O3. The zero-order chi connectivity index (χ0) is 15.6. The average molecular weight is 285 g/mol. The summed E-state index contributed by atoms with van der Waals surface area (Å²) in [5.74, 6) is -0.126. The van der Waals surface area contributed by atoms with Crippen LogP contribution in [0.3, 0.4) is 0 Å². The zero-order valence-corrected chi connectivity index (χ0v) is 13.2. The first-order valence-corrected chi connectivity index (χ1v) is 7.07. The molecule has 1 heterocycles. The molecule has 1 atom stereocenters. The van der Waals surface area contributed by atoms with Gasteiger partial charge in [0.2, 0.25) is 5.91 Å². The van der Waals surface area contributed by atoms with E-state index < -0.39 is 17.2 Å². The predicted octanol–water partition coefficient (Wildman–Crippen LogP) is 1.24. The van der Waals surface area contributed by atoms with E-state index in [0.717, 1.165) is 12.8 Å². The molecule has 1 aliphatic rings. The molecule has 2 amide bonds. The summed E-state index contributed by atoms with van der Waals surface area (Å²) >= 11 is 0. The van der Waals surface area contributed by atoms with Gasteiger partial charge in [-0.25, -0.2) is 4.79 Å². The number of likely N-dealkylation sites (tertiary alicyclic amines) is 1. The van der Waals surface area contributed by atoms with Crippen LogP contribution in [0.25, 0.3) is 0 Å². The molecule has 0 spiro atoms. The summed E-state index contributed by atoms with van der Waals surface area (Å²) in [5.41, 5.74) is 4.30. The van der Waals surface area contributed by atoms with Crippen molar-refractivity contribution in [2.24, 2.45) is 5.73 Å². The van der Waals surface area contributed by atoms with Crippen LogP contribution in [0, 0.1) is 0 Å². The van der Waals surface area contributed by atoms with E-state index in [2.05, 4.69) is 5.32 Å². The highest BCUT2D eigenvalue weighted by molar-refractivity contribution is 5.89. The molecule has 3 N–H and O–H groups in total. The summed E-state index contributed by atoms with van der Waals surface area (Å²) in [5, 5.41) is 2.63. The zero-order valence-electron chi connectivity index (χ0n) is 13.2. The second-order valence-electron chi connectivity index (χ2n) is 6.91. The Morgan fingerprint density at radius 1 is 1.25 bits per heavy atom. The molecule has 6 heteroatoms. The van der Waals surface area contributed by atoms with E-state index in [1.807, 2.05) is 0 Å². The second-order valence-corrected chi connectivity index (χ2v) is 6.91. The topological polar surface area (TPSA) is 84.7 Å². The number of nitrogens with one attached hydrogen (secondary N) is 1. The van der Waals surface area contributed by atoms with Crippen LogP contribution in [0.15, 0.2) is 0 Å². The minimum absolute atomic E-state index is 0.0185. The summed E-state index contributed by atoms with van der Waals surface area (Å²) < 4.78 is 5.19. The van der Waals surface area contributed by atoms with Gasteiger partial charge in [-0.1, -0.05) is 0 Å². The number of ether oxygens (including phenoxy) is 1. The number of rotatable bonds is 2. The molecule has 20 heavy (non-hydrogen) atoms. The Balaban J connectivity index is 2.62. The minimum Gasteiger partial charge on any atom is -0.444 e. The third kappa shape index (κ3) is 5.00. The van der Waals surface area contributed by atoms with Crippen molar-refractivity contribution in [3.63, 3.8) is 0 Å². The molecular weight excluding hydrogens is 258 g/mol. The third-order valence-corrected chi connectivity index (χ3v) is 3.09. The van der Waals surface area contributed by atoms with Crippen LogP contribution in [0.1, 0.15) is 47.5 Å². The molecule has 1 fully saturated rings. The van der Waals surface area contributed by atoms with Crippen LogP contribution in [0.4, 0.5) is 4.79 Å². The second kappa shape index (κ2) is 5.99. The molecule has 0 aromatic heterocycles. The lowest BCUT2D eigenvalue weighted by Crippen LogP contribution is -2.59. The van der Waals surface area contributed by atoms with Crippen LogP contribution in [-0.2, 0) is 9.53 Å². The number of hydrogen-bond donors (Lipinski definition) is 2. The summed E-state index contributed by atoms with van der Waals surface area (Å²) in [6.07, 6.45) is 1.25. The fourth-order valence-electron chi connectivity index (χ4n) is 2.20. The SMILES string of the molecule is CC(C)(C)OC(=O)NC(C)(C)C(=O)N1CCC[C@@H](N)C1. The molecule has 0 unspecified atom stereocenters. The fraction of sp³-hybridized carbons (Fsp3) is 0.857. The predicted molar refractivity (Wildman–Crippen MR) is 77.2 cm³/mol. The standard InChI is InChI=1S/C14H27N3O3/c1-13(2,3)20-12(19)16-14(4,5)11(18)17-8-6-7-10(15)9-17/h10H,6-9,15H2,1-5H3,(H,16,19)/t10-/m1/s1. The van der Waals surface area contributed by atoms with E-state index in [1.54, 1.807) is 39.5 Å². The highest BCUT2D eigenvalue weighted by atomic mass is 16.6. The van der Waals surface area contributed by atoms with E-state index in [1.165, 1.54) is 0 Å². The smallest absolute Gasteiger partial charge is 0.408 e. The first-order chi connectivity index (χ1) is 9.01. The highest BCUT2D eigenvalue weighted by Crippen LogP contribution is 2.16. The van der Waals surface area contributed by atoms with E-state index >= 15 is 0 Å². The lowest BCUT2D eigenvalue weighted by Gasteiger charge is -2.37. The molecule has 0 bridgehead atoms. The van der Waals surface area contributed by atoms with Crippen molar-refractivity contribution in [1.82, 2.24) is 10.2 Å². The maximum atomic E-state index is 12.5. The van der Waals surface area contributed by atoms with Gasteiger partial charge in [0.25, 0.3) is 0 Å². The van der Waals surface area contributed by atoms with Crippen LogP contribution < -0.4 is 11.1 Å². The summed E-state index contributed by atoms with van der Waals surface area (Å²) in [4.78, 5) is 26.0. The number of hydrogen-bond acceptors (Lipinski definition) is 4. The Kier molecular flexibility index (Phi) is 5.02. The Bertz CT molecular complexity index is 374. The van der Waals surface area contributed by atoms with Crippen LogP contribution in [0.2, 0.25) is 0 Å². The number of carbonyl (C=O) groups excluding carboxylic acids is 2. The molecule has 116 valence electrons. The van der Waals surface area contributed by atoms with Crippen molar-refractivity contribution < 1.29 is 14.3 Å². The average Bonchev–Trinajstić information content (AvgIpc) is 2.24. The first-order valence-electron chi connectivity index (χ1n) is 7.07. The minimum atomic E-state index is -1.00. The molecule has 0 aliphatic carbocycles. The summed E-state index contributed by atoms with van der Waals surface area (Å²) in [7, 11) is 0. The van der Waals surface area contributed by atoms with Crippen molar-refractivity contribution in [2.45, 2.75) is 64.6 Å². The third-order valence-electron chi connectivity index (χ3n) is 3.09. The number of alkyl carbamates (subject to hydrolysis) is 1. The van der Waals surface area contributed by atoms with Gasteiger partial charge in [0, 0.05) is 19.1 Å². The van der Waals surface area contributed by atoms with E-state index in [0.29, 0.717) is 13.1 Å². The number of carbonyl (C=O) groups is 2. The van der Waals surface area contributed by atoms with Crippen molar-refractivity contribution in [2.75, 3.05) is 13.1 Å². The van der Waals surface area contributed by atoms with E-state index in [9.17, 15) is 9.59 Å². The molecule has 6 nitrogen and oxygen atoms in total. The number of piperidine rings is 1. The Morgan fingerprint density at radius 2 is 1.85 bits per heavy atom. The van der Waals surface area contributed by atoms with Gasteiger partial charge in [-0.05, 0) is 47.5 Å². The molecule has 0 saturated carbocycles. The van der Waals surface area contributed by atoms with Crippen LogP contribution in [-0.4, -0.2) is 47.2 Å². The van der Waals surface area contributed by atoms with Crippen molar-refractivity contribution in [3.8, 4) is 0 Å². The van der Waals surface area contributed by atoms with Crippen molar-refractivity contribution in [3.05, 3.63) is 0 Å². The normalized spacial score (nSPS) is 20.5. The molecule has 0 radical (unpaired) electrons. The van der Waals surface area contributed by atoms with Gasteiger partial charge in [0.1, 0.15) is 11.1 Å². The molecule has 0 aromatic rings. The Labute approximate surface area is 121 Å². The lowest BCUT2D eigenvalue weighted by atomic mass is 10.00. The van der Waals surface area contributed by atoms with Crippen molar-refractivity contribution >= 4 is 12.0 Å². The molecule has 1 saturated heterocycles. The maximum Gasteiger partial charge on any atom is 0.408 e. The van der Waals surface area contributed by atoms with Gasteiger partial charge in [0.05, 0.1) is 0 Å².